The van der Waals surface area contributed by atoms with Gasteiger partial charge in [-0.3, -0.25) is 34.2 Å². The number of anilines is 2. The predicted molar refractivity (Wildman–Crippen MR) is 160 cm³/mol. The number of hydrogen-bond acceptors (Lipinski definition) is 13. The lowest BCUT2D eigenvalue weighted by atomic mass is 9.42. The van der Waals surface area contributed by atoms with Crippen molar-refractivity contribution >= 4 is 46.5 Å². The van der Waals surface area contributed by atoms with Crippen LogP contribution < -0.4 is 27.4 Å². The van der Waals surface area contributed by atoms with Crippen LogP contribution in [-0.4, -0.2) is 97.1 Å². The molecule has 2 saturated carbocycles. The number of primary amides is 1. The minimum absolute atomic E-state index is 0.0458. The third kappa shape index (κ3) is 4.75. The molecule has 0 aromatic heterocycles. The maximum absolute atomic E-state index is 14.5. The van der Waals surface area contributed by atoms with Crippen LogP contribution in [0.25, 0.3) is 0 Å². The van der Waals surface area contributed by atoms with E-state index in [0.29, 0.717) is 5.69 Å². The molecule has 0 aliphatic heterocycles. The van der Waals surface area contributed by atoms with Crippen LogP contribution in [0, 0.1) is 34.0 Å². The van der Waals surface area contributed by atoms with Crippen LogP contribution in [-0.2, 0) is 30.3 Å². The smallest absolute Gasteiger partial charge is 0.411 e. The number of nitrogens with one attached hydrogen (secondary N) is 1. The van der Waals surface area contributed by atoms with Gasteiger partial charge in [-0.05, 0) is 44.0 Å². The first-order valence-corrected chi connectivity index (χ1v) is 14.2. The van der Waals surface area contributed by atoms with Crippen molar-refractivity contribution in [3.05, 3.63) is 17.2 Å². The quantitative estimate of drug-likeness (QED) is 0.204. The SMILES string of the molecule is CN(C)c1cc(NC(=O)OCC(C)(C)C)c(O)c2c1C[C@@]1(N)C[C@@]3(N)[C@H](N(C)C)C(=O)C(C(N)=O)C(=O)[C@@]3(C#N)C(=O)C1C2=O. The van der Waals surface area contributed by atoms with Gasteiger partial charge in [-0.2, -0.15) is 5.26 Å². The van der Waals surface area contributed by atoms with Crippen LogP contribution in [0.5, 0.6) is 5.75 Å². The molecule has 6 atom stereocenters. The van der Waals surface area contributed by atoms with Gasteiger partial charge < -0.3 is 31.9 Å². The Labute approximate surface area is 260 Å². The Hall–Kier alpha value is -4.39. The van der Waals surface area contributed by atoms with E-state index in [2.05, 4.69) is 5.32 Å². The molecule has 15 nitrogen and oxygen atoms in total. The summed E-state index contributed by atoms with van der Waals surface area (Å²) < 4.78 is 5.24. The number of likely N-dealkylation sites (N-methyl/N-ethyl adjacent to an activating group) is 1. The number of carbonyl (C=O) groups is 6. The third-order valence-electron chi connectivity index (χ3n) is 8.92. The van der Waals surface area contributed by atoms with Gasteiger partial charge in [0.1, 0.15) is 11.7 Å². The second-order valence-electron chi connectivity index (χ2n) is 13.9. The Balaban J connectivity index is 1.94. The molecule has 2 fully saturated rings. The number of ether oxygens (including phenoxy) is 1. The van der Waals surface area contributed by atoms with Crippen molar-refractivity contribution < 1.29 is 38.6 Å². The molecule has 0 radical (unpaired) electrons. The number of rotatable bonds is 5. The maximum atomic E-state index is 14.5. The topological polar surface area (TPSA) is 252 Å². The number of phenolic OH excluding ortho intramolecular Hbond substituents is 1. The number of nitrogens with zero attached hydrogens (tertiary/aromatic N) is 3. The van der Waals surface area contributed by atoms with Gasteiger partial charge in [-0.15, -0.1) is 0 Å². The van der Waals surface area contributed by atoms with Crippen molar-refractivity contribution in [3.63, 3.8) is 0 Å². The first kappa shape index (κ1) is 33.5. The first-order chi connectivity index (χ1) is 20.6. The van der Waals surface area contributed by atoms with Gasteiger partial charge in [0.2, 0.25) is 5.91 Å². The molecule has 0 heterocycles. The Kier molecular flexibility index (Phi) is 7.90. The summed E-state index contributed by atoms with van der Waals surface area (Å²) in [6, 6.07) is 1.58. The zero-order valence-corrected chi connectivity index (χ0v) is 26.3. The second-order valence-corrected chi connectivity index (χ2v) is 13.9. The van der Waals surface area contributed by atoms with Crippen molar-refractivity contribution in [2.45, 2.75) is 50.7 Å². The minimum Gasteiger partial charge on any atom is -0.505 e. The third-order valence-corrected chi connectivity index (χ3v) is 8.92. The highest BCUT2D eigenvalue weighted by Crippen LogP contribution is 2.57. The summed E-state index contributed by atoms with van der Waals surface area (Å²) in [5, 5.41) is 24.3. The first-order valence-electron chi connectivity index (χ1n) is 14.2. The van der Waals surface area contributed by atoms with Crippen molar-refractivity contribution in [1.82, 2.24) is 4.90 Å². The van der Waals surface area contributed by atoms with Gasteiger partial charge in [-0.25, -0.2) is 4.79 Å². The monoisotopic (exact) mass is 625 g/mol. The number of phenols is 1. The maximum Gasteiger partial charge on any atom is 0.411 e. The summed E-state index contributed by atoms with van der Waals surface area (Å²) in [4.78, 5) is 84.1. The van der Waals surface area contributed by atoms with E-state index in [1.54, 1.807) is 25.1 Å². The number of carbonyl (C=O) groups excluding carboxylic acids is 6. The molecule has 0 bridgehead atoms. The molecule has 0 spiro atoms. The number of Topliss-reactive ketones (excluding diaryl/α,β-unsaturated/α-hetero) is 4. The number of nitrogens with two attached hydrogens (primary N) is 3. The zero-order chi connectivity index (χ0) is 34.2. The lowest BCUT2D eigenvalue weighted by Gasteiger charge is -2.60. The van der Waals surface area contributed by atoms with Crippen LogP contribution >= 0.6 is 0 Å². The highest BCUT2D eigenvalue weighted by atomic mass is 16.5. The molecule has 3 aliphatic carbocycles. The summed E-state index contributed by atoms with van der Waals surface area (Å²) in [6.45, 7) is 5.60. The van der Waals surface area contributed by atoms with E-state index in [-0.39, 0.29) is 35.3 Å². The number of aromatic hydroxyl groups is 1. The van der Waals surface area contributed by atoms with Crippen molar-refractivity contribution in [2.24, 2.45) is 39.9 Å². The Morgan fingerprint density at radius 2 is 1.73 bits per heavy atom. The van der Waals surface area contributed by atoms with Crippen molar-refractivity contribution in [3.8, 4) is 11.8 Å². The van der Waals surface area contributed by atoms with Crippen LogP contribution in [0.4, 0.5) is 16.2 Å². The van der Waals surface area contributed by atoms with E-state index < -0.39 is 81.7 Å². The van der Waals surface area contributed by atoms with Gasteiger partial charge in [0, 0.05) is 25.3 Å². The summed E-state index contributed by atoms with van der Waals surface area (Å²) in [6.07, 6.45) is -1.69. The molecule has 4 rings (SSSR count). The molecular formula is C30H39N7O8. The van der Waals surface area contributed by atoms with E-state index in [1.165, 1.54) is 25.1 Å². The van der Waals surface area contributed by atoms with E-state index in [9.17, 15) is 39.1 Å². The Bertz CT molecular complexity index is 1590. The molecule has 3 aliphatic rings. The molecule has 2 amide bonds. The lowest BCUT2D eigenvalue weighted by Crippen LogP contribution is -2.85. The van der Waals surface area contributed by atoms with Crippen LogP contribution in [0.15, 0.2) is 6.07 Å². The highest BCUT2D eigenvalue weighted by Gasteiger charge is 2.78. The molecule has 15 heteroatoms. The summed E-state index contributed by atoms with van der Waals surface area (Å²) >= 11 is 0. The lowest BCUT2D eigenvalue weighted by molar-refractivity contribution is -0.166. The zero-order valence-electron chi connectivity index (χ0n) is 26.3. The van der Waals surface area contributed by atoms with Crippen molar-refractivity contribution in [1.29, 1.82) is 5.26 Å². The van der Waals surface area contributed by atoms with Crippen LogP contribution in [0.3, 0.4) is 0 Å². The summed E-state index contributed by atoms with van der Waals surface area (Å²) in [5.41, 5.74) is 11.8. The van der Waals surface area contributed by atoms with E-state index in [0.717, 1.165) is 0 Å². The van der Waals surface area contributed by atoms with Gasteiger partial charge >= 0.3 is 6.09 Å². The van der Waals surface area contributed by atoms with Crippen LogP contribution in [0.1, 0.15) is 43.1 Å². The number of amides is 2. The fourth-order valence-electron chi connectivity index (χ4n) is 7.18. The average molecular weight is 626 g/mol. The van der Waals surface area contributed by atoms with E-state index in [4.69, 9.17) is 21.9 Å². The van der Waals surface area contributed by atoms with Crippen LogP contribution in [0.2, 0.25) is 0 Å². The molecule has 1 aromatic carbocycles. The largest absolute Gasteiger partial charge is 0.505 e. The average Bonchev–Trinajstić information content (AvgIpc) is 2.87. The summed E-state index contributed by atoms with van der Waals surface area (Å²) in [7, 11) is 6.15. The number of fused-ring (bicyclic) bond motifs is 3. The fraction of sp³-hybridized carbons (Fsp3) is 0.567. The number of nitriles is 1. The molecule has 0 saturated heterocycles. The molecule has 2 unspecified atom stereocenters. The number of ketones is 4. The second kappa shape index (κ2) is 10.6. The number of benzene rings is 1. The molecule has 8 N–H and O–H groups in total. The molecule has 45 heavy (non-hydrogen) atoms. The minimum atomic E-state index is -2.86. The molecule has 242 valence electrons. The van der Waals surface area contributed by atoms with Gasteiger partial charge in [-0.1, -0.05) is 20.8 Å². The van der Waals surface area contributed by atoms with Gasteiger partial charge in [0.15, 0.2) is 34.5 Å². The Morgan fingerprint density at radius 3 is 2.22 bits per heavy atom. The van der Waals surface area contributed by atoms with Gasteiger partial charge in [0.05, 0.1) is 35.5 Å². The van der Waals surface area contributed by atoms with Crippen molar-refractivity contribution in [2.75, 3.05) is 45.0 Å². The van der Waals surface area contributed by atoms with E-state index in [1.807, 2.05) is 20.8 Å². The Morgan fingerprint density at radius 1 is 1.13 bits per heavy atom. The molecular weight excluding hydrogens is 586 g/mol. The highest BCUT2D eigenvalue weighted by molar-refractivity contribution is 6.33. The predicted octanol–water partition coefficient (Wildman–Crippen LogP) is -0.531. The van der Waals surface area contributed by atoms with Gasteiger partial charge in [0.25, 0.3) is 0 Å². The standard InChI is InChI=1S/C30H39N7O8/c1-27(2,3)12-45-26(44)35-14-8-15(36(4)5)13-9-28(33)10-30(34)22(37(6)7)21(40)17(25(32)43)23(41)29(30,11-31)24(42)18(28)20(39)16(13)19(14)38/h8,17-18,22,38H,9-10,12,33-34H2,1-7H3,(H2,32,43)(H,35,44)/t17?,18?,22-,28-,29+,30-/m1/s1. The van der Waals surface area contributed by atoms with E-state index >= 15 is 0 Å². The fourth-order valence-corrected chi connectivity index (χ4v) is 7.18. The summed E-state index contributed by atoms with van der Waals surface area (Å²) in [5.74, 6) is -10.8. The normalized spacial score (nSPS) is 31.0. The molecule has 1 aromatic rings. The number of hydrogen-bond donors (Lipinski definition) is 5.